The van der Waals surface area contributed by atoms with Crippen LogP contribution in [0.2, 0.25) is 0 Å². The summed E-state index contributed by atoms with van der Waals surface area (Å²) < 4.78 is 0. The van der Waals surface area contributed by atoms with E-state index in [9.17, 15) is 9.59 Å². The van der Waals surface area contributed by atoms with Crippen LogP contribution in [0.4, 0.5) is 0 Å². The molecule has 0 bridgehead atoms. The van der Waals surface area contributed by atoms with Gasteiger partial charge < -0.3 is 10.2 Å². The number of likely N-dealkylation sites (N-methyl/N-ethyl adjacent to an activating group) is 1. The summed E-state index contributed by atoms with van der Waals surface area (Å²) in [5.41, 5.74) is 0.980. The molecule has 2 saturated heterocycles. The van der Waals surface area contributed by atoms with Gasteiger partial charge >= 0.3 is 0 Å². The third-order valence-electron chi connectivity index (χ3n) is 6.27. The molecule has 0 radical (unpaired) electrons. The predicted molar refractivity (Wildman–Crippen MR) is 115 cm³/mol. The zero-order valence-corrected chi connectivity index (χ0v) is 17.6. The Balaban J connectivity index is 1.32. The number of piperidine rings is 1. The van der Waals surface area contributed by atoms with Crippen molar-refractivity contribution in [3.8, 4) is 0 Å². The molecule has 3 heterocycles. The molecule has 2 aliphatic heterocycles. The largest absolute Gasteiger partial charge is 0.355 e. The third kappa shape index (κ3) is 6.67. The fourth-order valence-corrected chi connectivity index (χ4v) is 4.39. The Morgan fingerprint density at radius 2 is 1.93 bits per heavy atom. The van der Waals surface area contributed by atoms with Gasteiger partial charge in [0.1, 0.15) is 0 Å². The lowest BCUT2D eigenvalue weighted by Gasteiger charge is -2.31. The van der Waals surface area contributed by atoms with Crippen LogP contribution in [0.3, 0.4) is 0 Å². The summed E-state index contributed by atoms with van der Waals surface area (Å²) in [7, 11) is 0. The van der Waals surface area contributed by atoms with Gasteiger partial charge in [0.15, 0.2) is 0 Å². The molecule has 1 N–H and O–H groups in total. The number of pyridine rings is 1. The van der Waals surface area contributed by atoms with Gasteiger partial charge in [0, 0.05) is 50.6 Å². The van der Waals surface area contributed by atoms with E-state index < -0.39 is 0 Å². The van der Waals surface area contributed by atoms with Crippen molar-refractivity contribution in [3.63, 3.8) is 0 Å². The molecule has 3 rings (SSSR count). The van der Waals surface area contributed by atoms with Gasteiger partial charge in [0.05, 0.1) is 0 Å². The lowest BCUT2D eigenvalue weighted by atomic mass is 9.92. The number of carbonyl (C=O) groups excluding carboxylic acids is 2. The number of carbonyl (C=O) groups is 2. The Kier molecular flexibility index (Phi) is 8.23. The van der Waals surface area contributed by atoms with Gasteiger partial charge in [-0.05, 0) is 74.9 Å². The summed E-state index contributed by atoms with van der Waals surface area (Å²) in [4.78, 5) is 32.9. The first-order chi connectivity index (χ1) is 14.2. The first-order valence-corrected chi connectivity index (χ1v) is 11.0. The maximum atomic E-state index is 12.4. The van der Waals surface area contributed by atoms with E-state index in [1.165, 1.54) is 12.8 Å². The van der Waals surface area contributed by atoms with Crippen LogP contribution in [-0.2, 0) is 9.59 Å². The number of hydrogen-bond donors (Lipinski definition) is 1. The minimum Gasteiger partial charge on any atom is -0.355 e. The van der Waals surface area contributed by atoms with Gasteiger partial charge in [-0.1, -0.05) is 6.92 Å². The van der Waals surface area contributed by atoms with E-state index in [0.717, 1.165) is 57.5 Å². The van der Waals surface area contributed by atoms with Crippen LogP contribution in [0.1, 0.15) is 51.0 Å². The van der Waals surface area contributed by atoms with Gasteiger partial charge in [-0.25, -0.2) is 0 Å². The molecule has 0 aromatic carbocycles. The number of nitrogens with zero attached hydrogens (tertiary/aromatic N) is 3. The third-order valence-corrected chi connectivity index (χ3v) is 6.27. The predicted octanol–water partition coefficient (Wildman–Crippen LogP) is 2.71. The van der Waals surface area contributed by atoms with Crippen molar-refractivity contribution in [2.24, 2.45) is 5.92 Å². The second-order valence-corrected chi connectivity index (χ2v) is 8.15. The molecule has 0 saturated carbocycles. The summed E-state index contributed by atoms with van der Waals surface area (Å²) in [5.74, 6) is 0.773. The van der Waals surface area contributed by atoms with Crippen LogP contribution in [0, 0.1) is 5.92 Å². The second kappa shape index (κ2) is 11.1. The smallest absolute Gasteiger partial charge is 0.246 e. The summed E-state index contributed by atoms with van der Waals surface area (Å²) in [6.45, 7) is 6.75. The van der Waals surface area contributed by atoms with Crippen LogP contribution in [0.5, 0.6) is 0 Å². The normalized spacial score (nSPS) is 21.0. The Bertz CT molecular complexity index is 683. The highest BCUT2D eigenvalue weighted by molar-refractivity contribution is 5.91. The van der Waals surface area contributed by atoms with E-state index in [1.54, 1.807) is 18.5 Å². The van der Waals surface area contributed by atoms with E-state index in [0.29, 0.717) is 18.4 Å². The van der Waals surface area contributed by atoms with E-state index in [1.807, 2.05) is 23.1 Å². The molecule has 1 aromatic rings. The molecule has 0 spiro atoms. The van der Waals surface area contributed by atoms with E-state index in [-0.39, 0.29) is 11.8 Å². The van der Waals surface area contributed by atoms with Crippen molar-refractivity contribution in [3.05, 3.63) is 36.2 Å². The van der Waals surface area contributed by atoms with Crippen LogP contribution in [0.25, 0.3) is 6.08 Å². The highest BCUT2D eigenvalue weighted by Crippen LogP contribution is 2.22. The lowest BCUT2D eigenvalue weighted by Crippen LogP contribution is -2.40. The van der Waals surface area contributed by atoms with Gasteiger partial charge in [-0.2, -0.15) is 0 Å². The topological polar surface area (TPSA) is 65.5 Å². The van der Waals surface area contributed by atoms with Gasteiger partial charge in [-0.3, -0.25) is 19.5 Å². The molecule has 1 atom stereocenters. The van der Waals surface area contributed by atoms with E-state index in [4.69, 9.17) is 0 Å². The lowest BCUT2D eigenvalue weighted by molar-refractivity contribution is -0.127. The number of likely N-dealkylation sites (tertiary alicyclic amines) is 2. The van der Waals surface area contributed by atoms with Gasteiger partial charge in [-0.15, -0.1) is 0 Å². The van der Waals surface area contributed by atoms with Crippen molar-refractivity contribution in [1.82, 2.24) is 20.1 Å². The molecule has 6 nitrogen and oxygen atoms in total. The highest BCUT2D eigenvalue weighted by atomic mass is 16.2. The number of hydrogen-bond acceptors (Lipinski definition) is 4. The number of rotatable bonds is 8. The first kappa shape index (κ1) is 21.5. The standard InChI is InChI=1S/C23H34N4O2/c1-2-26-15-3-4-21(26)18-25-22(28)7-5-20-11-16-27(17-12-20)23(29)8-6-19-9-13-24-14-10-19/h6,8-10,13-14,20-21H,2-5,7,11-12,15-18H2,1H3,(H,25,28)/b8-6+/t21-/m1/s1. The summed E-state index contributed by atoms with van der Waals surface area (Å²) in [5, 5.41) is 3.13. The van der Waals surface area contributed by atoms with Crippen LogP contribution < -0.4 is 5.32 Å². The molecule has 1 aromatic heterocycles. The molecule has 6 heteroatoms. The molecule has 2 amide bonds. The molecule has 2 fully saturated rings. The quantitative estimate of drug-likeness (QED) is 0.684. The fourth-order valence-electron chi connectivity index (χ4n) is 4.39. The summed E-state index contributed by atoms with van der Waals surface area (Å²) in [6.07, 6.45) is 12.8. The van der Waals surface area contributed by atoms with Crippen molar-refractivity contribution >= 4 is 17.9 Å². The molecule has 0 aliphatic carbocycles. The average molecular weight is 399 g/mol. The van der Waals surface area contributed by atoms with E-state index in [2.05, 4.69) is 22.1 Å². The maximum Gasteiger partial charge on any atom is 0.246 e. The molecule has 158 valence electrons. The Hall–Kier alpha value is -2.21. The first-order valence-electron chi connectivity index (χ1n) is 11.0. The Morgan fingerprint density at radius 1 is 1.17 bits per heavy atom. The monoisotopic (exact) mass is 398 g/mol. The number of aromatic nitrogens is 1. The molecule has 2 aliphatic rings. The van der Waals surface area contributed by atoms with Crippen LogP contribution >= 0.6 is 0 Å². The van der Waals surface area contributed by atoms with Crippen LogP contribution in [0.15, 0.2) is 30.6 Å². The van der Waals surface area contributed by atoms with Crippen molar-refractivity contribution in [2.45, 2.75) is 51.5 Å². The van der Waals surface area contributed by atoms with Crippen molar-refractivity contribution in [2.75, 3.05) is 32.7 Å². The molecular formula is C23H34N4O2. The zero-order valence-electron chi connectivity index (χ0n) is 17.6. The zero-order chi connectivity index (χ0) is 20.5. The molecule has 29 heavy (non-hydrogen) atoms. The van der Waals surface area contributed by atoms with E-state index >= 15 is 0 Å². The average Bonchev–Trinajstić information content (AvgIpc) is 3.23. The summed E-state index contributed by atoms with van der Waals surface area (Å²) >= 11 is 0. The molecule has 0 unspecified atom stereocenters. The minimum absolute atomic E-state index is 0.0649. The Morgan fingerprint density at radius 3 is 2.66 bits per heavy atom. The SMILES string of the molecule is CCN1CCC[C@@H]1CNC(=O)CCC1CCN(C(=O)/C=C/c2ccncc2)CC1. The Labute approximate surface area is 174 Å². The maximum absolute atomic E-state index is 12.4. The minimum atomic E-state index is 0.0649. The van der Waals surface area contributed by atoms with Crippen molar-refractivity contribution < 1.29 is 9.59 Å². The summed E-state index contributed by atoms with van der Waals surface area (Å²) in [6, 6.07) is 4.28. The number of amides is 2. The second-order valence-electron chi connectivity index (χ2n) is 8.15. The highest BCUT2D eigenvalue weighted by Gasteiger charge is 2.24. The van der Waals surface area contributed by atoms with Gasteiger partial charge in [0.2, 0.25) is 11.8 Å². The van der Waals surface area contributed by atoms with Crippen LogP contribution in [-0.4, -0.2) is 65.4 Å². The number of nitrogens with one attached hydrogen (secondary N) is 1. The van der Waals surface area contributed by atoms with Gasteiger partial charge in [0.25, 0.3) is 0 Å². The molecular weight excluding hydrogens is 364 g/mol. The fraction of sp³-hybridized carbons (Fsp3) is 0.609. The van der Waals surface area contributed by atoms with Crippen molar-refractivity contribution in [1.29, 1.82) is 0 Å².